The number of anilines is 2. The van der Waals surface area contributed by atoms with Crippen LogP contribution >= 0.6 is 0 Å². The van der Waals surface area contributed by atoms with Crippen LogP contribution in [-0.4, -0.2) is 47.9 Å². The molecule has 150 valence electrons. The van der Waals surface area contributed by atoms with Crippen LogP contribution in [0.2, 0.25) is 0 Å². The zero-order chi connectivity index (χ0) is 20.2. The van der Waals surface area contributed by atoms with Crippen LogP contribution in [0.15, 0.2) is 54.7 Å². The number of aromatic amines is 1. The molecule has 2 N–H and O–H groups in total. The number of piperazine rings is 1. The summed E-state index contributed by atoms with van der Waals surface area (Å²) in [4.78, 5) is 31.7. The van der Waals surface area contributed by atoms with Crippen LogP contribution < -0.4 is 10.2 Å². The van der Waals surface area contributed by atoms with Crippen molar-refractivity contribution >= 4 is 34.1 Å². The predicted molar refractivity (Wildman–Crippen MR) is 111 cm³/mol. The summed E-state index contributed by atoms with van der Waals surface area (Å²) in [7, 11) is 0. The number of hydrogen-bond acceptors (Lipinski definition) is 3. The maximum Gasteiger partial charge on any atom is 0.224 e. The molecule has 2 aromatic carbocycles. The molecule has 1 fully saturated rings. The highest BCUT2D eigenvalue weighted by Gasteiger charge is 2.21. The number of rotatable bonds is 5. The third-order valence-electron chi connectivity index (χ3n) is 5.23. The van der Waals surface area contributed by atoms with Crippen molar-refractivity contribution in [2.75, 3.05) is 36.4 Å². The van der Waals surface area contributed by atoms with Crippen molar-refractivity contribution in [1.29, 1.82) is 0 Å². The minimum atomic E-state index is -0.256. The Bertz CT molecular complexity index is 1010. The fraction of sp³-hybridized carbons (Fsp3) is 0.273. The Kier molecular flexibility index (Phi) is 5.46. The molecule has 0 unspecified atom stereocenters. The number of fused-ring (bicyclic) bond motifs is 1. The van der Waals surface area contributed by atoms with Gasteiger partial charge in [-0.05, 0) is 47.9 Å². The second-order valence-corrected chi connectivity index (χ2v) is 7.17. The molecular formula is C22H23FN4O2. The summed E-state index contributed by atoms with van der Waals surface area (Å²) >= 11 is 0. The van der Waals surface area contributed by atoms with E-state index in [-0.39, 0.29) is 30.5 Å². The second kappa shape index (κ2) is 8.34. The van der Waals surface area contributed by atoms with Crippen molar-refractivity contribution in [3.63, 3.8) is 0 Å². The van der Waals surface area contributed by atoms with E-state index < -0.39 is 0 Å². The van der Waals surface area contributed by atoms with Gasteiger partial charge in [-0.3, -0.25) is 9.59 Å². The van der Waals surface area contributed by atoms with E-state index in [9.17, 15) is 14.0 Å². The molecule has 0 bridgehead atoms. The fourth-order valence-electron chi connectivity index (χ4n) is 3.59. The lowest BCUT2D eigenvalue weighted by Gasteiger charge is -2.36. The van der Waals surface area contributed by atoms with E-state index in [2.05, 4.69) is 15.2 Å². The number of benzene rings is 2. The minimum Gasteiger partial charge on any atom is -0.368 e. The van der Waals surface area contributed by atoms with Gasteiger partial charge in [-0.25, -0.2) is 4.39 Å². The first-order valence-corrected chi connectivity index (χ1v) is 9.74. The van der Waals surface area contributed by atoms with Crippen molar-refractivity contribution in [3.8, 4) is 0 Å². The molecule has 7 heteroatoms. The Morgan fingerprint density at radius 3 is 2.48 bits per heavy atom. The zero-order valence-electron chi connectivity index (χ0n) is 16.0. The van der Waals surface area contributed by atoms with E-state index >= 15 is 0 Å². The molecule has 0 spiro atoms. The molecule has 1 aliphatic heterocycles. The van der Waals surface area contributed by atoms with Gasteiger partial charge >= 0.3 is 0 Å². The van der Waals surface area contributed by atoms with Gasteiger partial charge in [0.1, 0.15) is 5.82 Å². The summed E-state index contributed by atoms with van der Waals surface area (Å²) in [6, 6.07) is 14.0. The third kappa shape index (κ3) is 4.56. The number of H-pyrrole nitrogens is 1. The number of carbonyl (C=O) groups excluding carboxylic acids is 2. The Morgan fingerprint density at radius 1 is 0.966 bits per heavy atom. The molecule has 29 heavy (non-hydrogen) atoms. The summed E-state index contributed by atoms with van der Waals surface area (Å²) in [6.07, 6.45) is 2.19. The molecule has 3 aromatic rings. The molecule has 0 atom stereocenters. The first-order chi connectivity index (χ1) is 14.1. The monoisotopic (exact) mass is 394 g/mol. The summed E-state index contributed by atoms with van der Waals surface area (Å²) in [5.74, 6) is -0.443. The molecule has 0 radical (unpaired) electrons. The fourth-order valence-corrected chi connectivity index (χ4v) is 3.59. The molecule has 1 saturated heterocycles. The largest absolute Gasteiger partial charge is 0.368 e. The molecule has 1 aromatic heterocycles. The van der Waals surface area contributed by atoms with Crippen LogP contribution in [0.1, 0.15) is 12.8 Å². The van der Waals surface area contributed by atoms with Crippen molar-refractivity contribution in [2.24, 2.45) is 0 Å². The van der Waals surface area contributed by atoms with Gasteiger partial charge in [0.05, 0.1) is 0 Å². The number of aromatic nitrogens is 1. The first kappa shape index (κ1) is 19.0. The molecule has 4 rings (SSSR count). The zero-order valence-corrected chi connectivity index (χ0v) is 16.0. The van der Waals surface area contributed by atoms with Gasteiger partial charge < -0.3 is 20.1 Å². The molecule has 1 aliphatic rings. The van der Waals surface area contributed by atoms with Gasteiger partial charge in [-0.15, -0.1) is 0 Å². The van der Waals surface area contributed by atoms with E-state index in [1.807, 2.05) is 30.5 Å². The quantitative estimate of drug-likeness (QED) is 0.697. The number of carbonyl (C=O) groups is 2. The lowest BCUT2D eigenvalue weighted by molar-refractivity contribution is -0.133. The van der Waals surface area contributed by atoms with Crippen molar-refractivity contribution in [2.45, 2.75) is 12.8 Å². The average molecular weight is 394 g/mol. The van der Waals surface area contributed by atoms with Gasteiger partial charge in [0.15, 0.2) is 0 Å². The van der Waals surface area contributed by atoms with Crippen LogP contribution in [0.25, 0.3) is 10.9 Å². The normalized spacial score (nSPS) is 14.2. The SMILES string of the molecule is O=C(CCC(=O)N1CCN(c2ccc(F)cc2)CC1)Nc1ccc2cc[nH]c2c1. The second-order valence-electron chi connectivity index (χ2n) is 7.17. The summed E-state index contributed by atoms with van der Waals surface area (Å²) in [5, 5.41) is 3.93. The standard InChI is InChI=1S/C22H23FN4O2/c23-17-2-5-19(6-3-17)26-11-13-27(14-12-26)22(29)8-7-21(28)25-18-4-1-16-9-10-24-20(16)15-18/h1-6,9-10,15,24H,7-8,11-14H2,(H,25,28). The highest BCUT2D eigenvalue weighted by Crippen LogP contribution is 2.19. The van der Waals surface area contributed by atoms with E-state index in [1.54, 1.807) is 17.0 Å². The van der Waals surface area contributed by atoms with E-state index in [1.165, 1.54) is 12.1 Å². The van der Waals surface area contributed by atoms with Crippen molar-refractivity contribution in [1.82, 2.24) is 9.88 Å². The lowest BCUT2D eigenvalue weighted by Crippen LogP contribution is -2.48. The summed E-state index contributed by atoms with van der Waals surface area (Å²) in [5.41, 5.74) is 2.63. The Labute approximate surface area is 168 Å². The molecule has 6 nitrogen and oxygen atoms in total. The highest BCUT2D eigenvalue weighted by molar-refractivity contribution is 5.95. The average Bonchev–Trinajstić information content (AvgIpc) is 3.20. The maximum absolute atomic E-state index is 13.1. The smallest absolute Gasteiger partial charge is 0.224 e. The summed E-state index contributed by atoms with van der Waals surface area (Å²) in [6.45, 7) is 2.59. The van der Waals surface area contributed by atoms with Crippen molar-refractivity contribution < 1.29 is 14.0 Å². The van der Waals surface area contributed by atoms with Crippen molar-refractivity contribution in [3.05, 3.63) is 60.5 Å². The molecule has 0 aliphatic carbocycles. The molecular weight excluding hydrogens is 371 g/mol. The number of nitrogens with zero attached hydrogens (tertiary/aromatic N) is 2. The van der Waals surface area contributed by atoms with Crippen LogP contribution in [-0.2, 0) is 9.59 Å². The Hall–Kier alpha value is -3.35. The highest BCUT2D eigenvalue weighted by atomic mass is 19.1. The Morgan fingerprint density at radius 2 is 1.72 bits per heavy atom. The summed E-state index contributed by atoms with van der Waals surface area (Å²) < 4.78 is 13.1. The first-order valence-electron chi connectivity index (χ1n) is 9.74. The van der Waals surface area contributed by atoms with Crippen LogP contribution in [0.4, 0.5) is 15.8 Å². The van der Waals surface area contributed by atoms with E-state index in [0.717, 1.165) is 16.6 Å². The van der Waals surface area contributed by atoms with E-state index in [4.69, 9.17) is 0 Å². The Balaban J connectivity index is 1.23. The number of hydrogen-bond donors (Lipinski definition) is 2. The maximum atomic E-state index is 13.1. The lowest BCUT2D eigenvalue weighted by atomic mass is 10.2. The molecule has 0 saturated carbocycles. The minimum absolute atomic E-state index is 0.0151. The topological polar surface area (TPSA) is 68.4 Å². The number of amides is 2. The van der Waals surface area contributed by atoms with Gasteiger partial charge in [-0.2, -0.15) is 0 Å². The van der Waals surface area contributed by atoms with Gasteiger partial charge in [-0.1, -0.05) is 6.07 Å². The van der Waals surface area contributed by atoms with Gasteiger partial charge in [0.25, 0.3) is 0 Å². The van der Waals surface area contributed by atoms with Gasteiger partial charge in [0, 0.05) is 62.1 Å². The van der Waals surface area contributed by atoms with E-state index in [0.29, 0.717) is 31.9 Å². The molecule has 2 amide bonds. The third-order valence-corrected chi connectivity index (χ3v) is 5.23. The van der Waals surface area contributed by atoms with Crippen LogP contribution in [0, 0.1) is 5.82 Å². The van der Waals surface area contributed by atoms with Crippen LogP contribution in [0.3, 0.4) is 0 Å². The predicted octanol–water partition coefficient (Wildman–Crippen LogP) is 3.37. The molecule has 2 heterocycles. The van der Waals surface area contributed by atoms with Crippen LogP contribution in [0.5, 0.6) is 0 Å². The number of halogens is 1. The number of nitrogens with one attached hydrogen (secondary N) is 2. The van der Waals surface area contributed by atoms with Gasteiger partial charge in [0.2, 0.25) is 11.8 Å².